The summed E-state index contributed by atoms with van der Waals surface area (Å²) in [7, 11) is 0. The van der Waals surface area contributed by atoms with Crippen molar-refractivity contribution in [2.75, 3.05) is 6.54 Å². The van der Waals surface area contributed by atoms with Crippen LogP contribution < -0.4 is 0 Å². The van der Waals surface area contributed by atoms with E-state index in [0.29, 0.717) is 18.2 Å². The van der Waals surface area contributed by atoms with Crippen LogP contribution in [0.1, 0.15) is 38.2 Å². The number of phenols is 1. The van der Waals surface area contributed by atoms with Gasteiger partial charge in [0.2, 0.25) is 0 Å². The summed E-state index contributed by atoms with van der Waals surface area (Å²) >= 11 is 0. The van der Waals surface area contributed by atoms with Crippen LogP contribution in [-0.4, -0.2) is 22.6 Å². The average Bonchev–Trinajstić information content (AvgIpc) is 2.50. The molecule has 1 fully saturated rings. The van der Waals surface area contributed by atoms with Gasteiger partial charge >= 0.3 is 0 Å². The van der Waals surface area contributed by atoms with Crippen LogP contribution in [-0.2, 0) is 6.54 Å². The standard InChI is InChI=1S/C14H20FNO/c1-11-5-3-2-4-8-16(11)10-12-9-13(15)6-7-14(12)17/h6-7,9,11,17H,2-5,8,10H2,1H3. The number of hydrogen-bond donors (Lipinski definition) is 1. The summed E-state index contributed by atoms with van der Waals surface area (Å²) < 4.78 is 13.1. The van der Waals surface area contributed by atoms with E-state index in [2.05, 4.69) is 11.8 Å². The highest BCUT2D eigenvalue weighted by Gasteiger charge is 2.18. The lowest BCUT2D eigenvalue weighted by molar-refractivity contribution is 0.202. The van der Waals surface area contributed by atoms with Gasteiger partial charge in [0.25, 0.3) is 0 Å². The number of likely N-dealkylation sites (tertiary alicyclic amines) is 1. The molecule has 1 aliphatic rings. The maximum Gasteiger partial charge on any atom is 0.123 e. The topological polar surface area (TPSA) is 23.5 Å². The second kappa shape index (κ2) is 5.50. The third-order valence-corrected chi connectivity index (χ3v) is 3.61. The molecule has 0 radical (unpaired) electrons. The molecule has 17 heavy (non-hydrogen) atoms. The van der Waals surface area contributed by atoms with Gasteiger partial charge in [0.1, 0.15) is 11.6 Å². The lowest BCUT2D eigenvalue weighted by Crippen LogP contribution is -2.31. The highest BCUT2D eigenvalue weighted by Crippen LogP contribution is 2.23. The Morgan fingerprint density at radius 1 is 1.35 bits per heavy atom. The second-order valence-corrected chi connectivity index (χ2v) is 4.94. The lowest BCUT2D eigenvalue weighted by atomic mass is 10.1. The van der Waals surface area contributed by atoms with Crippen molar-refractivity contribution in [3.05, 3.63) is 29.6 Å². The van der Waals surface area contributed by atoms with E-state index >= 15 is 0 Å². The van der Waals surface area contributed by atoms with Crippen molar-refractivity contribution in [2.45, 2.75) is 45.2 Å². The summed E-state index contributed by atoms with van der Waals surface area (Å²) in [5.41, 5.74) is 0.693. The summed E-state index contributed by atoms with van der Waals surface area (Å²) in [5, 5.41) is 9.73. The fourth-order valence-electron chi connectivity index (χ4n) is 2.47. The third kappa shape index (κ3) is 3.19. The first-order valence-corrected chi connectivity index (χ1v) is 6.38. The number of nitrogens with zero attached hydrogens (tertiary/aromatic N) is 1. The Morgan fingerprint density at radius 3 is 3.00 bits per heavy atom. The molecule has 1 atom stereocenters. The lowest BCUT2D eigenvalue weighted by Gasteiger charge is -2.27. The van der Waals surface area contributed by atoms with Gasteiger partial charge in [0, 0.05) is 18.2 Å². The highest BCUT2D eigenvalue weighted by atomic mass is 19.1. The van der Waals surface area contributed by atoms with Crippen molar-refractivity contribution in [1.29, 1.82) is 0 Å². The molecule has 0 spiro atoms. The number of halogens is 1. The molecular formula is C14H20FNO. The Hall–Kier alpha value is -1.09. The van der Waals surface area contributed by atoms with Crippen molar-refractivity contribution < 1.29 is 9.50 Å². The molecule has 2 rings (SSSR count). The van der Waals surface area contributed by atoms with Crippen LogP contribution >= 0.6 is 0 Å². The molecule has 0 aliphatic carbocycles. The summed E-state index contributed by atoms with van der Waals surface area (Å²) in [4.78, 5) is 2.33. The number of aromatic hydroxyl groups is 1. The minimum Gasteiger partial charge on any atom is -0.508 e. The molecule has 0 bridgehead atoms. The zero-order valence-electron chi connectivity index (χ0n) is 10.3. The van der Waals surface area contributed by atoms with Crippen LogP contribution in [0.25, 0.3) is 0 Å². The maximum absolute atomic E-state index is 13.1. The van der Waals surface area contributed by atoms with Crippen LogP contribution in [0, 0.1) is 5.82 Å². The maximum atomic E-state index is 13.1. The van der Waals surface area contributed by atoms with Gasteiger partial charge in [-0.15, -0.1) is 0 Å². The third-order valence-electron chi connectivity index (χ3n) is 3.61. The Balaban J connectivity index is 2.10. The molecule has 1 aromatic carbocycles. The molecule has 0 saturated carbocycles. The van der Waals surface area contributed by atoms with Gasteiger partial charge in [-0.1, -0.05) is 12.8 Å². The SMILES string of the molecule is CC1CCCCCN1Cc1cc(F)ccc1O. The summed E-state index contributed by atoms with van der Waals surface area (Å²) in [6.07, 6.45) is 4.93. The Labute approximate surface area is 102 Å². The molecule has 2 nitrogen and oxygen atoms in total. The zero-order valence-corrected chi connectivity index (χ0v) is 10.3. The predicted molar refractivity (Wildman–Crippen MR) is 66.4 cm³/mol. The molecule has 3 heteroatoms. The van der Waals surface area contributed by atoms with E-state index in [1.165, 1.54) is 43.9 Å². The predicted octanol–water partition coefficient (Wildman–Crippen LogP) is 3.30. The first kappa shape index (κ1) is 12.4. The average molecular weight is 237 g/mol. The molecule has 1 aliphatic heterocycles. The van der Waals surface area contributed by atoms with E-state index in [1.54, 1.807) is 0 Å². The molecule has 0 aromatic heterocycles. The first-order valence-electron chi connectivity index (χ1n) is 6.38. The van der Waals surface area contributed by atoms with Crippen LogP contribution in [0.5, 0.6) is 5.75 Å². The fourth-order valence-corrected chi connectivity index (χ4v) is 2.47. The molecule has 1 saturated heterocycles. The largest absolute Gasteiger partial charge is 0.508 e. The van der Waals surface area contributed by atoms with E-state index in [1.807, 2.05) is 0 Å². The van der Waals surface area contributed by atoms with Gasteiger partial charge in [-0.25, -0.2) is 4.39 Å². The Bertz CT molecular complexity index is 380. The molecule has 94 valence electrons. The summed E-state index contributed by atoms with van der Waals surface area (Å²) in [6, 6.07) is 4.69. The van der Waals surface area contributed by atoms with E-state index < -0.39 is 0 Å². The second-order valence-electron chi connectivity index (χ2n) is 4.94. The van der Waals surface area contributed by atoms with Crippen LogP contribution in [0.3, 0.4) is 0 Å². The zero-order chi connectivity index (χ0) is 12.3. The monoisotopic (exact) mass is 237 g/mol. The molecular weight excluding hydrogens is 217 g/mol. The molecule has 1 N–H and O–H groups in total. The van der Waals surface area contributed by atoms with Gasteiger partial charge in [-0.2, -0.15) is 0 Å². The normalized spacial score (nSPS) is 22.4. The van der Waals surface area contributed by atoms with E-state index in [9.17, 15) is 9.50 Å². The van der Waals surface area contributed by atoms with Crippen molar-refractivity contribution in [1.82, 2.24) is 4.90 Å². The van der Waals surface area contributed by atoms with Crippen LogP contribution in [0.2, 0.25) is 0 Å². The van der Waals surface area contributed by atoms with Gasteiger partial charge in [0.15, 0.2) is 0 Å². The Kier molecular flexibility index (Phi) is 4.00. The molecule has 1 aromatic rings. The quantitative estimate of drug-likeness (QED) is 0.853. The number of phenolic OH excluding ortho intramolecular Hbond substituents is 1. The molecule has 0 amide bonds. The van der Waals surface area contributed by atoms with Crippen molar-refractivity contribution in [2.24, 2.45) is 0 Å². The van der Waals surface area contributed by atoms with Gasteiger partial charge in [0.05, 0.1) is 0 Å². The smallest absolute Gasteiger partial charge is 0.123 e. The number of hydrogen-bond acceptors (Lipinski definition) is 2. The summed E-state index contributed by atoms with van der Waals surface area (Å²) in [6.45, 7) is 3.89. The minimum atomic E-state index is -0.278. The van der Waals surface area contributed by atoms with Crippen LogP contribution in [0.4, 0.5) is 4.39 Å². The van der Waals surface area contributed by atoms with E-state index in [0.717, 1.165) is 6.54 Å². The van der Waals surface area contributed by atoms with Gasteiger partial charge in [-0.3, -0.25) is 4.90 Å². The highest BCUT2D eigenvalue weighted by molar-refractivity contribution is 5.32. The van der Waals surface area contributed by atoms with Gasteiger partial charge < -0.3 is 5.11 Å². The minimum absolute atomic E-state index is 0.197. The van der Waals surface area contributed by atoms with E-state index in [-0.39, 0.29) is 11.6 Å². The molecule has 1 unspecified atom stereocenters. The first-order chi connectivity index (χ1) is 8.16. The van der Waals surface area contributed by atoms with Crippen molar-refractivity contribution in [3.8, 4) is 5.75 Å². The number of benzene rings is 1. The molecule has 1 heterocycles. The van der Waals surface area contributed by atoms with Gasteiger partial charge in [-0.05, 0) is 44.5 Å². The Morgan fingerprint density at radius 2 is 2.18 bits per heavy atom. The van der Waals surface area contributed by atoms with Crippen LogP contribution in [0.15, 0.2) is 18.2 Å². The number of rotatable bonds is 2. The fraction of sp³-hybridized carbons (Fsp3) is 0.571. The van der Waals surface area contributed by atoms with Crippen molar-refractivity contribution in [3.63, 3.8) is 0 Å². The summed E-state index contributed by atoms with van der Waals surface area (Å²) in [5.74, 6) is -0.0804. The van der Waals surface area contributed by atoms with Crippen molar-refractivity contribution >= 4 is 0 Å². The van der Waals surface area contributed by atoms with E-state index in [4.69, 9.17) is 0 Å².